The highest BCUT2D eigenvalue weighted by Gasteiger charge is 2.26. The molecule has 1 aromatic heterocycles. The van der Waals surface area contributed by atoms with E-state index in [4.69, 9.17) is 0 Å². The molecule has 0 aromatic carbocycles. The van der Waals surface area contributed by atoms with Crippen molar-refractivity contribution < 1.29 is 9.59 Å². The molecule has 0 unspecified atom stereocenters. The summed E-state index contributed by atoms with van der Waals surface area (Å²) in [4.78, 5) is 25.9. The molecular formula is C17H25N3O2S. The van der Waals surface area contributed by atoms with E-state index >= 15 is 0 Å². The van der Waals surface area contributed by atoms with Gasteiger partial charge in [0.25, 0.3) is 5.91 Å². The van der Waals surface area contributed by atoms with Crippen LogP contribution in [0.2, 0.25) is 0 Å². The summed E-state index contributed by atoms with van der Waals surface area (Å²) in [7, 11) is 0. The van der Waals surface area contributed by atoms with Crippen LogP contribution >= 0.6 is 11.3 Å². The first kappa shape index (κ1) is 17.7. The maximum absolute atomic E-state index is 12.6. The third kappa shape index (κ3) is 4.41. The zero-order chi connectivity index (χ0) is 17.0. The number of thiophene rings is 1. The molecule has 2 N–H and O–H groups in total. The van der Waals surface area contributed by atoms with Gasteiger partial charge >= 0.3 is 0 Å². The van der Waals surface area contributed by atoms with Crippen molar-refractivity contribution in [2.45, 2.75) is 59.8 Å². The summed E-state index contributed by atoms with van der Waals surface area (Å²) >= 11 is 1.54. The molecule has 2 rings (SSSR count). The van der Waals surface area contributed by atoms with Crippen LogP contribution in [-0.2, 0) is 17.6 Å². The van der Waals surface area contributed by atoms with E-state index in [0.29, 0.717) is 10.6 Å². The Bertz CT molecular complexity index is 628. The van der Waals surface area contributed by atoms with Crippen LogP contribution in [0.5, 0.6) is 0 Å². The number of hydrogen-bond acceptors (Lipinski definition) is 4. The van der Waals surface area contributed by atoms with E-state index in [0.717, 1.165) is 37.0 Å². The number of rotatable bonds is 4. The average Bonchev–Trinajstić information content (AvgIpc) is 2.66. The van der Waals surface area contributed by atoms with E-state index in [2.05, 4.69) is 15.8 Å². The molecule has 0 saturated carbocycles. The lowest BCUT2D eigenvalue weighted by molar-refractivity contribution is -0.118. The molecule has 0 radical (unpaired) electrons. The Hall–Kier alpha value is -1.69. The maximum atomic E-state index is 12.6. The first-order valence-electron chi connectivity index (χ1n) is 8.16. The average molecular weight is 335 g/mol. The molecule has 126 valence electrons. The van der Waals surface area contributed by atoms with Gasteiger partial charge in [0, 0.05) is 16.5 Å². The molecule has 0 atom stereocenters. The Labute approximate surface area is 141 Å². The number of aryl methyl sites for hydroxylation is 1. The number of hydrazone groups is 1. The molecule has 0 bridgehead atoms. The molecule has 0 spiro atoms. The number of hydrogen-bond donors (Lipinski definition) is 2. The molecule has 0 fully saturated rings. The SMILES string of the molecule is CC(C)=NNC(=O)c1c(NC(=O)C(C)C)sc2c1CCCCC2. The zero-order valence-corrected chi connectivity index (χ0v) is 15.1. The minimum absolute atomic E-state index is 0.0642. The van der Waals surface area contributed by atoms with Crippen LogP contribution in [0.25, 0.3) is 0 Å². The number of carbonyl (C=O) groups excluding carboxylic acids is 2. The van der Waals surface area contributed by atoms with Crippen molar-refractivity contribution in [3.63, 3.8) is 0 Å². The second-order valence-electron chi connectivity index (χ2n) is 6.41. The molecule has 6 heteroatoms. The second kappa shape index (κ2) is 7.73. The summed E-state index contributed by atoms with van der Waals surface area (Å²) in [6.07, 6.45) is 5.27. The van der Waals surface area contributed by atoms with Crippen LogP contribution in [0, 0.1) is 5.92 Å². The van der Waals surface area contributed by atoms with Gasteiger partial charge in [-0.05, 0) is 45.1 Å². The summed E-state index contributed by atoms with van der Waals surface area (Å²) < 4.78 is 0. The van der Waals surface area contributed by atoms with Gasteiger partial charge in [0.05, 0.1) is 5.56 Å². The van der Waals surface area contributed by atoms with Crippen molar-refractivity contribution in [1.29, 1.82) is 0 Å². The largest absolute Gasteiger partial charge is 0.317 e. The molecule has 0 saturated heterocycles. The Morgan fingerprint density at radius 3 is 2.48 bits per heavy atom. The van der Waals surface area contributed by atoms with Gasteiger partial charge in [0.15, 0.2) is 0 Å². The third-order valence-electron chi connectivity index (χ3n) is 3.79. The number of nitrogens with zero attached hydrogens (tertiary/aromatic N) is 1. The van der Waals surface area contributed by atoms with Crippen LogP contribution in [0.1, 0.15) is 67.8 Å². The number of nitrogens with one attached hydrogen (secondary N) is 2. The lowest BCUT2D eigenvalue weighted by Gasteiger charge is -2.09. The molecule has 0 aliphatic heterocycles. The minimum Gasteiger partial charge on any atom is -0.317 e. The number of amides is 2. The molecular weight excluding hydrogens is 310 g/mol. The summed E-state index contributed by atoms with van der Waals surface area (Å²) in [5.41, 5.74) is 5.08. The Morgan fingerprint density at radius 2 is 1.83 bits per heavy atom. The van der Waals surface area contributed by atoms with Crippen molar-refractivity contribution in [2.24, 2.45) is 11.0 Å². The number of carbonyl (C=O) groups is 2. The molecule has 1 aromatic rings. The van der Waals surface area contributed by atoms with E-state index in [9.17, 15) is 9.59 Å². The van der Waals surface area contributed by atoms with Gasteiger partial charge in [-0.15, -0.1) is 11.3 Å². The molecule has 1 heterocycles. The maximum Gasteiger partial charge on any atom is 0.274 e. The molecule has 23 heavy (non-hydrogen) atoms. The van der Waals surface area contributed by atoms with Gasteiger partial charge < -0.3 is 5.32 Å². The molecule has 1 aliphatic rings. The topological polar surface area (TPSA) is 70.6 Å². The lowest BCUT2D eigenvalue weighted by Crippen LogP contribution is -2.23. The van der Waals surface area contributed by atoms with E-state index < -0.39 is 0 Å². The summed E-state index contributed by atoms with van der Waals surface area (Å²) in [5.74, 6) is -0.418. The van der Waals surface area contributed by atoms with Crippen molar-refractivity contribution in [2.75, 3.05) is 5.32 Å². The number of anilines is 1. The van der Waals surface area contributed by atoms with Crippen LogP contribution in [0.15, 0.2) is 5.10 Å². The smallest absolute Gasteiger partial charge is 0.274 e. The predicted octanol–water partition coefficient (Wildman–Crippen LogP) is 3.74. The summed E-state index contributed by atoms with van der Waals surface area (Å²) in [6.45, 7) is 7.35. The van der Waals surface area contributed by atoms with Gasteiger partial charge in [0.2, 0.25) is 5.91 Å². The number of fused-ring (bicyclic) bond motifs is 1. The van der Waals surface area contributed by atoms with E-state index in [1.54, 1.807) is 11.3 Å². The van der Waals surface area contributed by atoms with E-state index in [1.165, 1.54) is 11.3 Å². The lowest BCUT2D eigenvalue weighted by atomic mass is 10.0. The highest BCUT2D eigenvalue weighted by atomic mass is 32.1. The van der Waals surface area contributed by atoms with Gasteiger partial charge in [-0.2, -0.15) is 5.10 Å². The zero-order valence-electron chi connectivity index (χ0n) is 14.3. The highest BCUT2D eigenvalue weighted by Crippen LogP contribution is 2.37. The monoisotopic (exact) mass is 335 g/mol. The summed E-state index contributed by atoms with van der Waals surface area (Å²) in [6, 6.07) is 0. The first-order valence-corrected chi connectivity index (χ1v) is 8.98. The van der Waals surface area contributed by atoms with E-state index in [-0.39, 0.29) is 17.7 Å². The molecule has 1 aliphatic carbocycles. The van der Waals surface area contributed by atoms with Gasteiger partial charge in [0.1, 0.15) is 5.00 Å². The van der Waals surface area contributed by atoms with Crippen LogP contribution in [0.4, 0.5) is 5.00 Å². The minimum atomic E-state index is -0.232. The highest BCUT2D eigenvalue weighted by molar-refractivity contribution is 7.17. The third-order valence-corrected chi connectivity index (χ3v) is 5.00. The normalized spacial score (nSPS) is 14.0. The first-order chi connectivity index (χ1) is 10.9. The van der Waals surface area contributed by atoms with Crippen molar-refractivity contribution >= 4 is 33.9 Å². The standard InChI is InChI=1S/C17H25N3O2S/c1-10(2)15(21)18-17-14(16(22)20-19-11(3)4)12-8-6-5-7-9-13(12)23-17/h10H,5-9H2,1-4H3,(H,18,21)(H,20,22). The summed E-state index contributed by atoms with van der Waals surface area (Å²) in [5, 5.41) is 7.61. The molecule has 2 amide bonds. The Balaban J connectivity index is 2.38. The van der Waals surface area contributed by atoms with E-state index in [1.807, 2.05) is 27.7 Å². The Kier molecular flexibility index (Phi) is 5.93. The quantitative estimate of drug-likeness (QED) is 0.500. The Morgan fingerprint density at radius 1 is 1.13 bits per heavy atom. The second-order valence-corrected chi connectivity index (χ2v) is 7.52. The molecule has 5 nitrogen and oxygen atoms in total. The van der Waals surface area contributed by atoms with Crippen LogP contribution < -0.4 is 10.7 Å². The van der Waals surface area contributed by atoms with Gasteiger partial charge in [-0.3, -0.25) is 9.59 Å². The van der Waals surface area contributed by atoms with Crippen molar-refractivity contribution in [3.05, 3.63) is 16.0 Å². The van der Waals surface area contributed by atoms with Gasteiger partial charge in [-0.1, -0.05) is 20.3 Å². The van der Waals surface area contributed by atoms with Crippen molar-refractivity contribution in [3.8, 4) is 0 Å². The fourth-order valence-electron chi connectivity index (χ4n) is 2.55. The van der Waals surface area contributed by atoms with Crippen LogP contribution in [0.3, 0.4) is 0 Å². The fourth-order valence-corrected chi connectivity index (χ4v) is 3.84. The predicted molar refractivity (Wildman–Crippen MR) is 95.3 cm³/mol. The van der Waals surface area contributed by atoms with Crippen molar-refractivity contribution in [1.82, 2.24) is 5.43 Å². The van der Waals surface area contributed by atoms with Crippen LogP contribution in [-0.4, -0.2) is 17.5 Å². The fraction of sp³-hybridized carbons (Fsp3) is 0.588. The van der Waals surface area contributed by atoms with Gasteiger partial charge in [-0.25, -0.2) is 5.43 Å².